The minimum Gasteiger partial charge on any atom is -0.312 e. The van der Waals surface area contributed by atoms with Gasteiger partial charge >= 0.3 is 0 Å². The van der Waals surface area contributed by atoms with E-state index in [0.29, 0.717) is 0 Å². The maximum Gasteiger partial charge on any atom is 0.0221 e. The van der Waals surface area contributed by atoms with Crippen molar-refractivity contribution >= 4 is 0 Å². The van der Waals surface area contributed by atoms with E-state index in [1.54, 1.807) is 0 Å². The molecule has 1 saturated heterocycles. The number of nitrogens with zero attached hydrogens (tertiary/aromatic N) is 1. The highest BCUT2D eigenvalue weighted by Crippen LogP contribution is 2.32. The monoisotopic (exact) mass is 224 g/mol. The summed E-state index contributed by atoms with van der Waals surface area (Å²) in [5.74, 6) is 1.79. The maximum absolute atomic E-state index is 3.75. The number of rotatable bonds is 6. The topological polar surface area (TPSA) is 15.3 Å². The summed E-state index contributed by atoms with van der Waals surface area (Å²) in [5, 5.41) is 3.75. The molecule has 1 saturated carbocycles. The number of hydrogen-bond acceptors (Lipinski definition) is 2. The molecule has 1 aliphatic carbocycles. The van der Waals surface area contributed by atoms with Gasteiger partial charge in [0.25, 0.3) is 0 Å². The molecule has 0 radical (unpaired) electrons. The van der Waals surface area contributed by atoms with Gasteiger partial charge in [-0.2, -0.15) is 0 Å². The third-order valence-electron chi connectivity index (χ3n) is 4.10. The van der Waals surface area contributed by atoms with E-state index in [9.17, 15) is 0 Å². The summed E-state index contributed by atoms with van der Waals surface area (Å²) in [4.78, 5) is 2.69. The van der Waals surface area contributed by atoms with Gasteiger partial charge in [0, 0.05) is 25.2 Å². The van der Waals surface area contributed by atoms with E-state index < -0.39 is 0 Å². The van der Waals surface area contributed by atoms with Crippen molar-refractivity contribution in [2.75, 3.05) is 19.6 Å². The Morgan fingerprint density at radius 1 is 1.19 bits per heavy atom. The van der Waals surface area contributed by atoms with Crippen LogP contribution < -0.4 is 5.32 Å². The molecule has 2 nitrogen and oxygen atoms in total. The third-order valence-corrected chi connectivity index (χ3v) is 4.10. The van der Waals surface area contributed by atoms with Crippen LogP contribution in [-0.4, -0.2) is 36.6 Å². The van der Waals surface area contributed by atoms with Crippen LogP contribution in [-0.2, 0) is 0 Å². The smallest absolute Gasteiger partial charge is 0.0221 e. The van der Waals surface area contributed by atoms with Crippen LogP contribution in [0.25, 0.3) is 0 Å². The van der Waals surface area contributed by atoms with Gasteiger partial charge in [-0.05, 0) is 51.0 Å². The zero-order valence-corrected chi connectivity index (χ0v) is 11.2. The second kappa shape index (κ2) is 5.50. The zero-order chi connectivity index (χ0) is 11.5. The molecule has 0 aromatic carbocycles. The first-order valence-electron chi connectivity index (χ1n) is 7.14. The quantitative estimate of drug-likeness (QED) is 0.746. The molecular weight excluding hydrogens is 196 g/mol. The molecule has 1 aliphatic heterocycles. The molecule has 2 fully saturated rings. The zero-order valence-electron chi connectivity index (χ0n) is 11.2. The summed E-state index contributed by atoms with van der Waals surface area (Å²) >= 11 is 0. The van der Waals surface area contributed by atoms with Gasteiger partial charge in [0.1, 0.15) is 0 Å². The van der Waals surface area contributed by atoms with Crippen molar-refractivity contribution in [3.8, 4) is 0 Å². The molecule has 94 valence electrons. The Morgan fingerprint density at radius 2 is 1.94 bits per heavy atom. The van der Waals surface area contributed by atoms with Crippen molar-refractivity contribution in [1.82, 2.24) is 10.2 Å². The molecule has 0 amide bonds. The van der Waals surface area contributed by atoms with Gasteiger partial charge < -0.3 is 5.32 Å². The van der Waals surface area contributed by atoms with Gasteiger partial charge in [-0.15, -0.1) is 0 Å². The summed E-state index contributed by atoms with van der Waals surface area (Å²) in [6.45, 7) is 10.8. The number of nitrogens with one attached hydrogen (secondary N) is 1. The summed E-state index contributed by atoms with van der Waals surface area (Å²) < 4.78 is 0. The van der Waals surface area contributed by atoms with Crippen molar-refractivity contribution in [1.29, 1.82) is 0 Å². The molecule has 1 unspecified atom stereocenters. The molecule has 0 aromatic rings. The van der Waals surface area contributed by atoms with E-state index in [1.807, 2.05) is 0 Å². The highest BCUT2D eigenvalue weighted by Gasteiger charge is 2.30. The Balaban J connectivity index is 1.70. The Labute approximate surface area is 101 Å². The summed E-state index contributed by atoms with van der Waals surface area (Å²) in [6.07, 6.45) is 5.71. The van der Waals surface area contributed by atoms with E-state index in [1.165, 1.54) is 45.3 Å². The highest BCUT2D eigenvalue weighted by atomic mass is 15.2. The first-order chi connectivity index (χ1) is 7.66. The van der Waals surface area contributed by atoms with Crippen LogP contribution in [0.1, 0.15) is 46.5 Å². The van der Waals surface area contributed by atoms with E-state index in [0.717, 1.165) is 23.9 Å². The molecule has 0 aromatic heterocycles. The molecule has 1 N–H and O–H groups in total. The Hall–Kier alpha value is -0.0800. The Bertz CT molecular complexity index is 211. The summed E-state index contributed by atoms with van der Waals surface area (Å²) in [6, 6.07) is 1.56. The number of hydrogen-bond donors (Lipinski definition) is 1. The van der Waals surface area contributed by atoms with E-state index >= 15 is 0 Å². The molecule has 1 heterocycles. The second-order valence-corrected chi connectivity index (χ2v) is 6.22. The molecule has 2 rings (SSSR count). The van der Waals surface area contributed by atoms with Crippen LogP contribution in [0.4, 0.5) is 0 Å². The lowest BCUT2D eigenvalue weighted by Crippen LogP contribution is -2.42. The fraction of sp³-hybridized carbons (Fsp3) is 1.00. The molecule has 0 bridgehead atoms. The summed E-state index contributed by atoms with van der Waals surface area (Å²) in [7, 11) is 0. The van der Waals surface area contributed by atoms with Gasteiger partial charge in [0.2, 0.25) is 0 Å². The van der Waals surface area contributed by atoms with E-state index in [2.05, 4.69) is 31.0 Å². The lowest BCUT2D eigenvalue weighted by molar-refractivity contribution is 0.217. The van der Waals surface area contributed by atoms with E-state index in [-0.39, 0.29) is 0 Å². The third kappa shape index (κ3) is 3.46. The standard InChI is InChI=1S/C14H28N2/c1-11(2)10-16-8-4-5-14(16)9-15-12(3)13-6-7-13/h11-15H,4-10H2,1-3H3/t12?,14-/m1/s1. The first kappa shape index (κ1) is 12.4. The molecule has 16 heavy (non-hydrogen) atoms. The van der Waals surface area contributed by atoms with E-state index in [4.69, 9.17) is 0 Å². The van der Waals surface area contributed by atoms with Crippen molar-refractivity contribution in [3.05, 3.63) is 0 Å². The van der Waals surface area contributed by atoms with Crippen molar-refractivity contribution in [3.63, 3.8) is 0 Å². The van der Waals surface area contributed by atoms with Crippen LogP contribution in [0, 0.1) is 11.8 Å². The fourth-order valence-corrected chi connectivity index (χ4v) is 2.92. The minimum absolute atomic E-state index is 0.751. The van der Waals surface area contributed by atoms with Crippen molar-refractivity contribution < 1.29 is 0 Å². The minimum atomic E-state index is 0.751. The molecule has 0 spiro atoms. The first-order valence-corrected chi connectivity index (χ1v) is 7.14. The van der Waals surface area contributed by atoms with Crippen LogP contribution in [0.2, 0.25) is 0 Å². The predicted octanol–water partition coefficient (Wildman–Crippen LogP) is 2.49. The average Bonchev–Trinajstić information content (AvgIpc) is 2.98. The van der Waals surface area contributed by atoms with Crippen molar-refractivity contribution in [2.24, 2.45) is 11.8 Å². The van der Waals surface area contributed by atoms with Crippen LogP contribution in [0.5, 0.6) is 0 Å². The predicted molar refractivity (Wildman–Crippen MR) is 69.6 cm³/mol. The second-order valence-electron chi connectivity index (χ2n) is 6.22. The van der Waals surface area contributed by atoms with Crippen molar-refractivity contribution in [2.45, 2.75) is 58.5 Å². The Kier molecular flexibility index (Phi) is 4.26. The highest BCUT2D eigenvalue weighted by molar-refractivity contribution is 4.87. The SMILES string of the molecule is CC(C)CN1CCC[C@@H]1CNC(C)C1CC1. The average molecular weight is 224 g/mol. The van der Waals surface area contributed by atoms with Crippen LogP contribution in [0.15, 0.2) is 0 Å². The number of likely N-dealkylation sites (tertiary alicyclic amines) is 1. The Morgan fingerprint density at radius 3 is 2.56 bits per heavy atom. The lowest BCUT2D eigenvalue weighted by Gasteiger charge is -2.27. The lowest BCUT2D eigenvalue weighted by atomic mass is 10.1. The maximum atomic E-state index is 3.75. The molecular formula is C14H28N2. The van der Waals surface area contributed by atoms with Gasteiger partial charge in [0.05, 0.1) is 0 Å². The largest absolute Gasteiger partial charge is 0.312 e. The fourth-order valence-electron chi connectivity index (χ4n) is 2.92. The van der Waals surface area contributed by atoms with Gasteiger partial charge in [-0.1, -0.05) is 13.8 Å². The molecule has 2 atom stereocenters. The van der Waals surface area contributed by atoms with Gasteiger partial charge in [-0.25, -0.2) is 0 Å². The van der Waals surface area contributed by atoms with Crippen LogP contribution in [0.3, 0.4) is 0 Å². The molecule has 2 aliphatic rings. The summed E-state index contributed by atoms with van der Waals surface area (Å²) in [5.41, 5.74) is 0. The normalized spacial score (nSPS) is 28.9. The van der Waals surface area contributed by atoms with Gasteiger partial charge in [0.15, 0.2) is 0 Å². The van der Waals surface area contributed by atoms with Crippen LogP contribution >= 0.6 is 0 Å². The molecule has 2 heteroatoms. The van der Waals surface area contributed by atoms with Gasteiger partial charge in [-0.3, -0.25) is 4.90 Å².